The molecule has 5 heteroatoms. The molecule has 1 aliphatic rings. The average Bonchev–Trinajstić information content (AvgIpc) is 2.65. The van der Waals surface area contributed by atoms with Crippen LogP contribution in [0.25, 0.3) is 0 Å². The van der Waals surface area contributed by atoms with Crippen molar-refractivity contribution in [1.29, 1.82) is 0 Å². The summed E-state index contributed by atoms with van der Waals surface area (Å²) in [4.78, 5) is 21.0. The molecule has 0 aromatic carbocycles. The van der Waals surface area contributed by atoms with Crippen molar-refractivity contribution in [3.05, 3.63) is 0 Å². The molecule has 0 heterocycles. The lowest BCUT2D eigenvalue weighted by molar-refractivity contribution is -0.143. The van der Waals surface area contributed by atoms with Gasteiger partial charge in [-0.3, -0.25) is 4.79 Å². The van der Waals surface area contributed by atoms with Gasteiger partial charge >= 0.3 is 5.97 Å². The summed E-state index contributed by atoms with van der Waals surface area (Å²) in [6.07, 6.45) is 1.00. The number of aliphatic carboxylic acids is 1. The number of rotatable bonds is 5. The predicted molar refractivity (Wildman–Crippen MR) is 44.2 cm³/mol. The molecule has 0 spiro atoms. The Labute approximate surface area is 76.1 Å². The van der Waals surface area contributed by atoms with E-state index in [0.29, 0.717) is 5.92 Å². The molecular formula is C8H13NO4. The summed E-state index contributed by atoms with van der Waals surface area (Å²) in [5.41, 5.74) is 0. The van der Waals surface area contributed by atoms with E-state index in [1.54, 1.807) is 0 Å². The molecule has 1 aliphatic carbocycles. The summed E-state index contributed by atoms with van der Waals surface area (Å²) in [6.45, 7) is 1.45. The molecule has 2 unspecified atom stereocenters. The summed E-state index contributed by atoms with van der Waals surface area (Å²) in [6, 6.07) is 0.265. The summed E-state index contributed by atoms with van der Waals surface area (Å²) >= 11 is 0. The number of ether oxygens (including phenoxy) is 1. The second kappa shape index (κ2) is 4.23. The first-order valence-electron chi connectivity index (χ1n) is 4.18. The maximum Gasteiger partial charge on any atom is 0.329 e. The lowest BCUT2D eigenvalue weighted by Crippen LogP contribution is -2.31. The van der Waals surface area contributed by atoms with Crippen LogP contribution in [0.4, 0.5) is 0 Å². The van der Waals surface area contributed by atoms with Gasteiger partial charge < -0.3 is 15.2 Å². The zero-order valence-corrected chi connectivity index (χ0v) is 7.45. The molecule has 74 valence electrons. The SMILES string of the molecule is CC1CC1NC(=O)COCC(=O)O. The fourth-order valence-corrected chi connectivity index (χ4v) is 1.00. The van der Waals surface area contributed by atoms with Crippen molar-refractivity contribution in [3.63, 3.8) is 0 Å². The minimum atomic E-state index is -1.06. The van der Waals surface area contributed by atoms with Crippen LogP contribution in [0.3, 0.4) is 0 Å². The monoisotopic (exact) mass is 187 g/mol. The lowest BCUT2D eigenvalue weighted by Gasteiger charge is -2.02. The second-order valence-corrected chi connectivity index (χ2v) is 3.27. The van der Waals surface area contributed by atoms with Gasteiger partial charge in [-0.2, -0.15) is 0 Å². The third-order valence-corrected chi connectivity index (χ3v) is 1.91. The second-order valence-electron chi connectivity index (χ2n) is 3.27. The molecule has 1 amide bonds. The smallest absolute Gasteiger partial charge is 0.329 e. The number of carbonyl (C=O) groups is 2. The minimum absolute atomic E-state index is 0.171. The number of carbonyl (C=O) groups excluding carboxylic acids is 1. The molecule has 0 bridgehead atoms. The summed E-state index contributed by atoms with van der Waals surface area (Å²) in [5.74, 6) is -0.758. The van der Waals surface area contributed by atoms with E-state index in [9.17, 15) is 9.59 Å². The maximum absolute atomic E-state index is 11.0. The van der Waals surface area contributed by atoms with Crippen LogP contribution >= 0.6 is 0 Å². The number of hydrogen-bond donors (Lipinski definition) is 2. The first-order valence-corrected chi connectivity index (χ1v) is 4.18. The third kappa shape index (κ3) is 3.89. The Morgan fingerprint density at radius 2 is 2.15 bits per heavy atom. The van der Waals surface area contributed by atoms with Crippen LogP contribution in [0.2, 0.25) is 0 Å². The molecule has 0 radical (unpaired) electrons. The number of amides is 1. The van der Waals surface area contributed by atoms with Crippen LogP contribution in [0.1, 0.15) is 13.3 Å². The van der Waals surface area contributed by atoms with Crippen molar-refractivity contribution in [1.82, 2.24) is 5.32 Å². The van der Waals surface area contributed by atoms with Gasteiger partial charge in [-0.25, -0.2) is 4.79 Å². The molecule has 0 aromatic heterocycles. The fraction of sp³-hybridized carbons (Fsp3) is 0.750. The van der Waals surface area contributed by atoms with Crippen molar-refractivity contribution in [2.24, 2.45) is 5.92 Å². The highest BCUT2D eigenvalue weighted by molar-refractivity contribution is 5.78. The van der Waals surface area contributed by atoms with Gasteiger partial charge in [0.15, 0.2) is 0 Å². The highest BCUT2D eigenvalue weighted by Gasteiger charge is 2.33. The largest absolute Gasteiger partial charge is 0.480 e. The van der Waals surface area contributed by atoms with E-state index in [-0.39, 0.29) is 18.6 Å². The van der Waals surface area contributed by atoms with E-state index in [0.717, 1.165) is 6.42 Å². The molecule has 0 aromatic rings. The van der Waals surface area contributed by atoms with Gasteiger partial charge in [-0.15, -0.1) is 0 Å². The molecule has 0 saturated heterocycles. The Balaban J connectivity index is 2.01. The Morgan fingerprint density at radius 3 is 2.62 bits per heavy atom. The van der Waals surface area contributed by atoms with Crippen LogP contribution in [0.15, 0.2) is 0 Å². The quantitative estimate of drug-likeness (QED) is 0.614. The number of carboxylic acid groups (broad SMARTS) is 1. The van der Waals surface area contributed by atoms with Crippen LogP contribution in [0, 0.1) is 5.92 Å². The molecule has 1 saturated carbocycles. The molecular weight excluding hydrogens is 174 g/mol. The van der Waals surface area contributed by atoms with Gasteiger partial charge in [0.1, 0.15) is 13.2 Å². The first kappa shape index (κ1) is 9.98. The summed E-state index contributed by atoms with van der Waals surface area (Å²) in [7, 11) is 0. The molecule has 1 rings (SSSR count). The summed E-state index contributed by atoms with van der Waals surface area (Å²) < 4.78 is 4.61. The standard InChI is InChI=1S/C8H13NO4/c1-5-2-6(5)9-7(10)3-13-4-8(11)12/h5-6H,2-4H2,1H3,(H,9,10)(H,11,12). The average molecular weight is 187 g/mol. The summed E-state index contributed by atoms with van der Waals surface area (Å²) in [5, 5.41) is 10.9. The normalized spacial score (nSPS) is 25.3. The van der Waals surface area contributed by atoms with E-state index in [4.69, 9.17) is 5.11 Å². The van der Waals surface area contributed by atoms with Crippen molar-refractivity contribution in [3.8, 4) is 0 Å². The lowest BCUT2D eigenvalue weighted by atomic mass is 10.4. The highest BCUT2D eigenvalue weighted by Crippen LogP contribution is 2.28. The Hall–Kier alpha value is -1.10. The minimum Gasteiger partial charge on any atom is -0.480 e. The Bertz CT molecular complexity index is 216. The van der Waals surface area contributed by atoms with Crippen LogP contribution in [-0.4, -0.2) is 36.2 Å². The van der Waals surface area contributed by atoms with Gasteiger partial charge in [0.2, 0.25) is 5.91 Å². The van der Waals surface area contributed by atoms with Gasteiger partial charge in [0, 0.05) is 6.04 Å². The zero-order chi connectivity index (χ0) is 9.84. The Morgan fingerprint density at radius 1 is 1.54 bits per heavy atom. The maximum atomic E-state index is 11.0. The van der Waals surface area contributed by atoms with Crippen LogP contribution in [-0.2, 0) is 14.3 Å². The molecule has 1 fully saturated rings. The molecule has 0 aliphatic heterocycles. The van der Waals surface area contributed by atoms with Gasteiger partial charge in [0.05, 0.1) is 0 Å². The number of hydrogen-bond acceptors (Lipinski definition) is 3. The molecule has 13 heavy (non-hydrogen) atoms. The van der Waals surface area contributed by atoms with Gasteiger partial charge in [-0.05, 0) is 12.3 Å². The molecule has 5 nitrogen and oxygen atoms in total. The van der Waals surface area contributed by atoms with Crippen molar-refractivity contribution in [2.75, 3.05) is 13.2 Å². The first-order chi connectivity index (χ1) is 6.09. The third-order valence-electron chi connectivity index (χ3n) is 1.91. The van der Waals surface area contributed by atoms with Crippen molar-refractivity contribution >= 4 is 11.9 Å². The van der Waals surface area contributed by atoms with E-state index in [1.165, 1.54) is 0 Å². The fourth-order valence-electron chi connectivity index (χ4n) is 1.00. The van der Waals surface area contributed by atoms with Gasteiger partial charge in [0.25, 0.3) is 0 Å². The van der Waals surface area contributed by atoms with E-state index < -0.39 is 12.6 Å². The number of carboxylic acids is 1. The predicted octanol–water partition coefficient (Wildman–Crippen LogP) is -0.388. The molecule has 2 N–H and O–H groups in total. The van der Waals surface area contributed by atoms with E-state index in [1.807, 2.05) is 6.92 Å². The van der Waals surface area contributed by atoms with E-state index >= 15 is 0 Å². The van der Waals surface area contributed by atoms with Crippen molar-refractivity contribution < 1.29 is 19.4 Å². The van der Waals surface area contributed by atoms with Gasteiger partial charge in [-0.1, -0.05) is 6.92 Å². The van der Waals surface area contributed by atoms with Crippen molar-refractivity contribution in [2.45, 2.75) is 19.4 Å². The van der Waals surface area contributed by atoms with Crippen LogP contribution < -0.4 is 5.32 Å². The Kier molecular flexibility index (Phi) is 3.25. The molecule has 2 atom stereocenters. The van der Waals surface area contributed by atoms with Crippen LogP contribution in [0.5, 0.6) is 0 Å². The topological polar surface area (TPSA) is 75.6 Å². The number of nitrogens with one attached hydrogen (secondary N) is 1. The highest BCUT2D eigenvalue weighted by atomic mass is 16.5. The zero-order valence-electron chi connectivity index (χ0n) is 7.45. The van der Waals surface area contributed by atoms with E-state index in [2.05, 4.69) is 10.1 Å².